The van der Waals surface area contributed by atoms with Crippen molar-refractivity contribution in [1.82, 2.24) is 0 Å². The SMILES string of the molecule is CC(C)(C)c1cc(Br)c(O)c([C@@H](N)CO)c1. The molecule has 1 atom stereocenters. The lowest BCUT2D eigenvalue weighted by Gasteiger charge is -2.22. The number of phenols is 1. The molecule has 4 N–H and O–H groups in total. The van der Waals surface area contributed by atoms with Crippen LogP contribution in [0.15, 0.2) is 16.6 Å². The Balaban J connectivity index is 3.33. The van der Waals surface area contributed by atoms with Gasteiger partial charge in [-0.2, -0.15) is 0 Å². The van der Waals surface area contributed by atoms with Crippen LogP contribution >= 0.6 is 15.9 Å². The summed E-state index contributed by atoms with van der Waals surface area (Å²) in [6.07, 6.45) is 0. The van der Waals surface area contributed by atoms with Gasteiger partial charge in [-0.15, -0.1) is 0 Å². The van der Waals surface area contributed by atoms with E-state index in [0.29, 0.717) is 10.0 Å². The summed E-state index contributed by atoms with van der Waals surface area (Å²) in [6.45, 7) is 6.06. The first-order valence-corrected chi connectivity index (χ1v) is 5.96. The van der Waals surface area contributed by atoms with Crippen LogP contribution in [0.25, 0.3) is 0 Å². The summed E-state index contributed by atoms with van der Waals surface area (Å²) in [5.74, 6) is 0.106. The Labute approximate surface area is 104 Å². The molecule has 0 saturated carbocycles. The maximum Gasteiger partial charge on any atom is 0.134 e. The Morgan fingerprint density at radius 3 is 2.38 bits per heavy atom. The van der Waals surface area contributed by atoms with E-state index in [4.69, 9.17) is 10.8 Å². The van der Waals surface area contributed by atoms with Gasteiger partial charge in [0.05, 0.1) is 17.1 Å². The Hall–Kier alpha value is -0.580. The van der Waals surface area contributed by atoms with E-state index in [-0.39, 0.29) is 17.8 Å². The van der Waals surface area contributed by atoms with E-state index in [1.54, 1.807) is 0 Å². The average molecular weight is 288 g/mol. The fraction of sp³-hybridized carbons (Fsp3) is 0.500. The lowest BCUT2D eigenvalue weighted by molar-refractivity contribution is 0.265. The molecule has 1 aromatic carbocycles. The van der Waals surface area contributed by atoms with Gasteiger partial charge in [0.15, 0.2) is 0 Å². The fourth-order valence-electron chi connectivity index (χ4n) is 1.43. The highest BCUT2D eigenvalue weighted by molar-refractivity contribution is 9.10. The van der Waals surface area contributed by atoms with Crippen LogP contribution in [0.4, 0.5) is 0 Å². The van der Waals surface area contributed by atoms with E-state index in [0.717, 1.165) is 5.56 Å². The van der Waals surface area contributed by atoms with E-state index < -0.39 is 6.04 Å². The van der Waals surface area contributed by atoms with Crippen molar-refractivity contribution < 1.29 is 10.2 Å². The second-order valence-electron chi connectivity index (χ2n) is 4.93. The third kappa shape index (κ3) is 2.75. The number of rotatable bonds is 2. The van der Waals surface area contributed by atoms with Gasteiger partial charge in [0.2, 0.25) is 0 Å². The van der Waals surface area contributed by atoms with Gasteiger partial charge < -0.3 is 15.9 Å². The van der Waals surface area contributed by atoms with Gasteiger partial charge >= 0.3 is 0 Å². The van der Waals surface area contributed by atoms with Crippen LogP contribution in [0.1, 0.15) is 37.9 Å². The summed E-state index contributed by atoms with van der Waals surface area (Å²) in [5, 5.41) is 18.9. The molecular weight excluding hydrogens is 270 g/mol. The molecular formula is C12H18BrNO2. The summed E-state index contributed by atoms with van der Waals surface area (Å²) >= 11 is 3.30. The van der Waals surface area contributed by atoms with E-state index in [9.17, 15) is 5.11 Å². The number of phenolic OH excluding ortho intramolecular Hbond substituents is 1. The molecule has 0 bridgehead atoms. The van der Waals surface area contributed by atoms with Crippen LogP contribution in [-0.4, -0.2) is 16.8 Å². The van der Waals surface area contributed by atoms with Crippen LogP contribution in [0.2, 0.25) is 0 Å². The maximum atomic E-state index is 9.85. The molecule has 0 aromatic heterocycles. The molecule has 0 radical (unpaired) electrons. The van der Waals surface area contributed by atoms with Crippen molar-refractivity contribution in [2.24, 2.45) is 5.73 Å². The molecule has 0 saturated heterocycles. The summed E-state index contributed by atoms with van der Waals surface area (Å²) in [7, 11) is 0. The Morgan fingerprint density at radius 1 is 1.38 bits per heavy atom. The van der Waals surface area contributed by atoms with Gasteiger partial charge in [0.25, 0.3) is 0 Å². The van der Waals surface area contributed by atoms with Gasteiger partial charge in [-0.1, -0.05) is 20.8 Å². The highest BCUT2D eigenvalue weighted by Gasteiger charge is 2.20. The van der Waals surface area contributed by atoms with Crippen LogP contribution < -0.4 is 5.73 Å². The lowest BCUT2D eigenvalue weighted by Crippen LogP contribution is -2.17. The predicted molar refractivity (Wildman–Crippen MR) is 68.5 cm³/mol. The molecule has 0 fully saturated rings. The highest BCUT2D eigenvalue weighted by atomic mass is 79.9. The lowest BCUT2D eigenvalue weighted by atomic mass is 9.85. The number of aliphatic hydroxyl groups excluding tert-OH is 1. The van der Waals surface area contributed by atoms with Crippen LogP contribution in [0.3, 0.4) is 0 Å². The summed E-state index contributed by atoms with van der Waals surface area (Å²) in [6, 6.07) is 3.17. The Kier molecular flexibility index (Phi) is 3.99. The predicted octanol–water partition coefficient (Wildman–Crippen LogP) is 2.44. The second-order valence-corrected chi connectivity index (χ2v) is 5.79. The number of benzene rings is 1. The number of hydrogen-bond donors (Lipinski definition) is 3. The minimum Gasteiger partial charge on any atom is -0.506 e. The van der Waals surface area contributed by atoms with Gasteiger partial charge in [0.1, 0.15) is 5.75 Å². The summed E-state index contributed by atoms with van der Waals surface area (Å²) < 4.78 is 0.610. The van der Waals surface area contributed by atoms with Crippen LogP contribution in [-0.2, 0) is 5.41 Å². The first kappa shape index (κ1) is 13.5. The molecule has 0 amide bonds. The number of aliphatic hydroxyl groups is 1. The molecule has 4 heteroatoms. The van der Waals surface area contributed by atoms with Gasteiger partial charge in [0, 0.05) is 5.56 Å². The zero-order chi connectivity index (χ0) is 12.5. The number of hydrogen-bond acceptors (Lipinski definition) is 3. The number of halogens is 1. The van der Waals surface area contributed by atoms with Crippen LogP contribution in [0, 0.1) is 0 Å². The topological polar surface area (TPSA) is 66.5 Å². The van der Waals surface area contributed by atoms with Crippen molar-refractivity contribution in [1.29, 1.82) is 0 Å². The Bertz CT molecular complexity index is 385. The van der Waals surface area contributed by atoms with Crippen molar-refractivity contribution in [2.75, 3.05) is 6.61 Å². The van der Waals surface area contributed by atoms with E-state index in [1.807, 2.05) is 12.1 Å². The molecule has 16 heavy (non-hydrogen) atoms. The van der Waals surface area contributed by atoms with Crippen molar-refractivity contribution >= 4 is 15.9 Å². The molecule has 1 aromatic rings. The number of aromatic hydroxyl groups is 1. The van der Waals surface area contributed by atoms with Gasteiger partial charge in [-0.3, -0.25) is 0 Å². The number of nitrogens with two attached hydrogens (primary N) is 1. The largest absolute Gasteiger partial charge is 0.506 e. The molecule has 3 nitrogen and oxygen atoms in total. The molecule has 1 rings (SSSR count). The first-order valence-electron chi connectivity index (χ1n) is 5.16. The average Bonchev–Trinajstić information content (AvgIpc) is 2.19. The molecule has 0 aliphatic carbocycles. The monoisotopic (exact) mass is 287 g/mol. The molecule has 0 aliphatic heterocycles. The van der Waals surface area contributed by atoms with E-state index >= 15 is 0 Å². The summed E-state index contributed by atoms with van der Waals surface area (Å²) in [4.78, 5) is 0. The van der Waals surface area contributed by atoms with Crippen molar-refractivity contribution in [3.05, 3.63) is 27.7 Å². The van der Waals surface area contributed by atoms with Gasteiger partial charge in [-0.25, -0.2) is 0 Å². The zero-order valence-corrected chi connectivity index (χ0v) is 11.4. The molecule has 0 aliphatic rings. The smallest absolute Gasteiger partial charge is 0.134 e. The normalized spacial score (nSPS) is 13.9. The van der Waals surface area contributed by atoms with Crippen LogP contribution in [0.5, 0.6) is 5.75 Å². The minimum absolute atomic E-state index is 0.0276. The highest BCUT2D eigenvalue weighted by Crippen LogP contribution is 2.36. The molecule has 0 unspecified atom stereocenters. The van der Waals surface area contributed by atoms with Crippen molar-refractivity contribution in [3.8, 4) is 5.75 Å². The minimum atomic E-state index is -0.557. The summed E-state index contributed by atoms with van der Waals surface area (Å²) in [5.41, 5.74) is 7.35. The molecule has 0 heterocycles. The van der Waals surface area contributed by atoms with E-state index in [1.165, 1.54) is 0 Å². The second kappa shape index (κ2) is 4.73. The zero-order valence-electron chi connectivity index (χ0n) is 9.79. The first-order chi connectivity index (χ1) is 7.27. The third-order valence-electron chi connectivity index (χ3n) is 2.56. The van der Waals surface area contributed by atoms with Crippen molar-refractivity contribution in [2.45, 2.75) is 32.2 Å². The van der Waals surface area contributed by atoms with Crippen molar-refractivity contribution in [3.63, 3.8) is 0 Å². The fourth-order valence-corrected chi connectivity index (χ4v) is 1.91. The third-order valence-corrected chi connectivity index (χ3v) is 3.16. The Morgan fingerprint density at radius 2 is 1.94 bits per heavy atom. The standard InChI is InChI=1S/C12H18BrNO2/c1-12(2,3)7-4-8(10(14)6-15)11(16)9(13)5-7/h4-5,10,15-16H,6,14H2,1-3H3/t10-/m0/s1. The quantitative estimate of drug-likeness (QED) is 0.783. The maximum absolute atomic E-state index is 9.85. The molecule has 0 spiro atoms. The molecule has 90 valence electrons. The van der Waals surface area contributed by atoms with Gasteiger partial charge in [-0.05, 0) is 39.0 Å². The van der Waals surface area contributed by atoms with E-state index in [2.05, 4.69) is 36.7 Å².